The van der Waals surface area contributed by atoms with Gasteiger partial charge in [-0.25, -0.2) is 15.0 Å². The Morgan fingerprint density at radius 2 is 1.75 bits per heavy atom. The van der Waals surface area contributed by atoms with Crippen LogP contribution in [0.4, 0.5) is 11.6 Å². The molecule has 0 amide bonds. The highest BCUT2D eigenvalue weighted by molar-refractivity contribution is 5.42. The first-order chi connectivity index (χ1) is 13.5. The Bertz CT molecular complexity index is 722. The van der Waals surface area contributed by atoms with Crippen molar-refractivity contribution < 1.29 is 0 Å². The van der Waals surface area contributed by atoms with Gasteiger partial charge in [-0.3, -0.25) is 0 Å². The average Bonchev–Trinajstić information content (AvgIpc) is 2.72. The van der Waals surface area contributed by atoms with Gasteiger partial charge in [0.2, 0.25) is 0 Å². The minimum atomic E-state index is 0.313. The van der Waals surface area contributed by atoms with Crippen LogP contribution in [-0.4, -0.2) is 52.6 Å². The standard InChI is InChI=1S/C22H34N6/c1-6-27-9-11-28(12-10-27)21-8-7-18(15-24-21)14-23-20-13-19(16(2)3)25-22(26-20)17(4)5/h7-8,13,15-17H,6,9-12,14H2,1-5H3,(H,23,25,26). The molecule has 6 heteroatoms. The lowest BCUT2D eigenvalue weighted by molar-refractivity contribution is 0.270. The summed E-state index contributed by atoms with van der Waals surface area (Å²) in [4.78, 5) is 18.9. The second kappa shape index (κ2) is 9.32. The van der Waals surface area contributed by atoms with Crippen molar-refractivity contribution in [1.82, 2.24) is 19.9 Å². The van der Waals surface area contributed by atoms with Crippen molar-refractivity contribution in [3.63, 3.8) is 0 Å². The summed E-state index contributed by atoms with van der Waals surface area (Å²) in [5.41, 5.74) is 2.24. The molecule has 0 spiro atoms. The van der Waals surface area contributed by atoms with Crippen molar-refractivity contribution in [2.24, 2.45) is 0 Å². The van der Waals surface area contributed by atoms with E-state index in [1.165, 1.54) is 0 Å². The fourth-order valence-corrected chi connectivity index (χ4v) is 3.32. The van der Waals surface area contributed by atoms with Crippen LogP contribution in [0, 0.1) is 0 Å². The van der Waals surface area contributed by atoms with E-state index in [-0.39, 0.29) is 0 Å². The van der Waals surface area contributed by atoms with Crippen molar-refractivity contribution in [1.29, 1.82) is 0 Å². The van der Waals surface area contributed by atoms with Gasteiger partial charge in [0.05, 0.1) is 0 Å². The first-order valence-corrected chi connectivity index (χ1v) is 10.5. The van der Waals surface area contributed by atoms with Gasteiger partial charge in [-0.1, -0.05) is 40.7 Å². The molecule has 3 heterocycles. The monoisotopic (exact) mass is 382 g/mol. The van der Waals surface area contributed by atoms with Gasteiger partial charge >= 0.3 is 0 Å². The molecule has 0 atom stereocenters. The van der Waals surface area contributed by atoms with E-state index in [1.807, 2.05) is 6.20 Å². The molecule has 0 saturated carbocycles. The fraction of sp³-hybridized carbons (Fsp3) is 0.591. The number of pyridine rings is 1. The third-order valence-corrected chi connectivity index (χ3v) is 5.30. The van der Waals surface area contributed by atoms with E-state index in [1.54, 1.807) is 0 Å². The Morgan fingerprint density at radius 3 is 2.32 bits per heavy atom. The van der Waals surface area contributed by atoms with E-state index < -0.39 is 0 Å². The SMILES string of the molecule is CCN1CCN(c2ccc(CNc3cc(C(C)C)nc(C(C)C)n3)cn2)CC1. The van der Waals surface area contributed by atoms with Crippen LogP contribution in [-0.2, 0) is 6.54 Å². The highest BCUT2D eigenvalue weighted by Crippen LogP contribution is 2.20. The Labute approximate surface area is 169 Å². The van der Waals surface area contributed by atoms with E-state index in [0.29, 0.717) is 18.4 Å². The Kier molecular flexibility index (Phi) is 6.83. The summed E-state index contributed by atoms with van der Waals surface area (Å²) >= 11 is 0. The predicted molar refractivity (Wildman–Crippen MR) is 116 cm³/mol. The second-order valence-corrected chi connectivity index (χ2v) is 8.15. The quantitative estimate of drug-likeness (QED) is 0.784. The summed E-state index contributed by atoms with van der Waals surface area (Å²) in [6, 6.07) is 6.36. The van der Waals surface area contributed by atoms with Gasteiger partial charge in [-0.15, -0.1) is 0 Å². The molecule has 0 unspecified atom stereocenters. The molecular formula is C22H34N6. The molecule has 0 aliphatic carbocycles. The summed E-state index contributed by atoms with van der Waals surface area (Å²) in [7, 11) is 0. The van der Waals surface area contributed by atoms with Gasteiger partial charge < -0.3 is 15.1 Å². The molecule has 0 aromatic carbocycles. The zero-order valence-electron chi connectivity index (χ0n) is 17.9. The average molecular weight is 383 g/mol. The van der Waals surface area contributed by atoms with Crippen LogP contribution in [0.15, 0.2) is 24.4 Å². The topological polar surface area (TPSA) is 57.2 Å². The maximum atomic E-state index is 4.69. The van der Waals surface area contributed by atoms with Crippen molar-refractivity contribution in [2.75, 3.05) is 42.9 Å². The molecule has 1 aliphatic heterocycles. The molecule has 152 valence electrons. The number of hydrogen-bond acceptors (Lipinski definition) is 6. The molecule has 1 aliphatic rings. The molecule has 2 aromatic heterocycles. The number of aromatic nitrogens is 3. The highest BCUT2D eigenvalue weighted by atomic mass is 15.3. The first-order valence-electron chi connectivity index (χ1n) is 10.5. The first kappa shape index (κ1) is 20.5. The lowest BCUT2D eigenvalue weighted by Crippen LogP contribution is -2.46. The van der Waals surface area contributed by atoms with E-state index in [2.05, 4.69) is 77.9 Å². The van der Waals surface area contributed by atoms with Crippen molar-refractivity contribution in [2.45, 2.75) is 53.0 Å². The summed E-state index contributed by atoms with van der Waals surface area (Å²) in [6.07, 6.45) is 1.97. The number of hydrogen-bond donors (Lipinski definition) is 1. The Balaban J connectivity index is 1.62. The van der Waals surface area contributed by atoms with Crippen LogP contribution in [0.5, 0.6) is 0 Å². The fourth-order valence-electron chi connectivity index (χ4n) is 3.32. The number of nitrogens with zero attached hydrogens (tertiary/aromatic N) is 5. The van der Waals surface area contributed by atoms with Crippen LogP contribution in [0.2, 0.25) is 0 Å². The molecule has 1 saturated heterocycles. The summed E-state index contributed by atoms with van der Waals surface area (Å²) in [5.74, 6) is 3.56. The zero-order chi connectivity index (χ0) is 20.1. The summed E-state index contributed by atoms with van der Waals surface area (Å²) in [6.45, 7) is 17.0. The number of rotatable bonds is 7. The van der Waals surface area contributed by atoms with Crippen LogP contribution < -0.4 is 10.2 Å². The number of anilines is 2. The number of likely N-dealkylation sites (N-methyl/N-ethyl adjacent to an activating group) is 1. The lowest BCUT2D eigenvalue weighted by Gasteiger charge is -2.34. The molecule has 0 radical (unpaired) electrons. The summed E-state index contributed by atoms with van der Waals surface area (Å²) < 4.78 is 0. The molecule has 1 fully saturated rings. The Hall–Kier alpha value is -2.21. The molecule has 0 bridgehead atoms. The molecule has 6 nitrogen and oxygen atoms in total. The number of piperazine rings is 1. The maximum absolute atomic E-state index is 4.69. The lowest BCUT2D eigenvalue weighted by atomic mass is 10.1. The van der Waals surface area contributed by atoms with Gasteiger partial charge in [0.25, 0.3) is 0 Å². The highest BCUT2D eigenvalue weighted by Gasteiger charge is 2.16. The molecule has 1 N–H and O–H groups in total. The maximum Gasteiger partial charge on any atom is 0.133 e. The van der Waals surface area contributed by atoms with E-state index in [4.69, 9.17) is 4.98 Å². The minimum Gasteiger partial charge on any atom is -0.366 e. The third kappa shape index (κ3) is 5.19. The molecule has 2 aromatic rings. The largest absolute Gasteiger partial charge is 0.366 e. The van der Waals surface area contributed by atoms with Crippen molar-refractivity contribution in [3.05, 3.63) is 41.5 Å². The van der Waals surface area contributed by atoms with Crippen molar-refractivity contribution >= 4 is 11.6 Å². The van der Waals surface area contributed by atoms with Gasteiger partial charge in [-0.05, 0) is 24.1 Å². The van der Waals surface area contributed by atoms with Crippen LogP contribution in [0.3, 0.4) is 0 Å². The second-order valence-electron chi connectivity index (χ2n) is 8.15. The van der Waals surface area contributed by atoms with E-state index >= 15 is 0 Å². The molecule has 3 rings (SSSR count). The summed E-state index contributed by atoms with van der Waals surface area (Å²) in [5, 5.41) is 3.45. The van der Waals surface area contributed by atoms with Crippen LogP contribution in [0.25, 0.3) is 0 Å². The zero-order valence-corrected chi connectivity index (χ0v) is 17.9. The molecular weight excluding hydrogens is 348 g/mol. The van der Waals surface area contributed by atoms with Gasteiger partial charge in [0.1, 0.15) is 17.5 Å². The minimum absolute atomic E-state index is 0.313. The third-order valence-electron chi connectivity index (χ3n) is 5.30. The van der Waals surface area contributed by atoms with Crippen LogP contribution >= 0.6 is 0 Å². The van der Waals surface area contributed by atoms with Gasteiger partial charge in [0.15, 0.2) is 0 Å². The van der Waals surface area contributed by atoms with Crippen molar-refractivity contribution in [3.8, 4) is 0 Å². The molecule has 28 heavy (non-hydrogen) atoms. The smallest absolute Gasteiger partial charge is 0.133 e. The van der Waals surface area contributed by atoms with Gasteiger partial charge in [-0.2, -0.15) is 0 Å². The number of nitrogens with one attached hydrogen (secondary N) is 1. The predicted octanol–water partition coefficient (Wildman–Crippen LogP) is 3.87. The van der Waals surface area contributed by atoms with Gasteiger partial charge in [0, 0.05) is 56.6 Å². The van der Waals surface area contributed by atoms with E-state index in [9.17, 15) is 0 Å². The normalized spacial score (nSPS) is 15.5. The Morgan fingerprint density at radius 1 is 1.00 bits per heavy atom. The van der Waals surface area contributed by atoms with Crippen LogP contribution in [0.1, 0.15) is 63.5 Å². The van der Waals surface area contributed by atoms with E-state index in [0.717, 1.165) is 61.4 Å².